The van der Waals surface area contributed by atoms with E-state index in [0.29, 0.717) is 37.5 Å². The summed E-state index contributed by atoms with van der Waals surface area (Å²) in [5.74, 6) is -0.0304. The fraction of sp³-hybridized carbons (Fsp3) is 0.942. The molecular formula is C69H134O17P2. The smallest absolute Gasteiger partial charge is 0.462 e. The Morgan fingerprint density at radius 2 is 0.580 bits per heavy atom. The predicted octanol–water partition coefficient (Wildman–Crippen LogP) is 19.5. The molecule has 0 bridgehead atoms. The maximum atomic E-state index is 13.0. The molecule has 0 rings (SSSR count). The van der Waals surface area contributed by atoms with E-state index in [-0.39, 0.29) is 25.7 Å². The molecule has 0 aromatic heterocycles. The highest BCUT2D eigenvalue weighted by Crippen LogP contribution is 2.45. The fourth-order valence-corrected chi connectivity index (χ4v) is 11.9. The molecule has 19 heteroatoms. The zero-order chi connectivity index (χ0) is 65.2. The Morgan fingerprint density at radius 3 is 0.864 bits per heavy atom. The second kappa shape index (κ2) is 60.0. The molecule has 0 aliphatic carbocycles. The molecule has 3 unspecified atom stereocenters. The number of hydrogen-bond acceptors (Lipinski definition) is 15. The first kappa shape index (κ1) is 86.1. The van der Waals surface area contributed by atoms with Crippen molar-refractivity contribution >= 4 is 39.5 Å². The third kappa shape index (κ3) is 61.6. The van der Waals surface area contributed by atoms with Crippen LogP contribution in [0.3, 0.4) is 0 Å². The first-order valence-corrected chi connectivity index (χ1v) is 38.9. The summed E-state index contributed by atoms with van der Waals surface area (Å²) < 4.78 is 68.1. The number of carbonyl (C=O) groups excluding carboxylic acids is 4. The van der Waals surface area contributed by atoms with Gasteiger partial charge in [-0.05, 0) is 43.4 Å². The lowest BCUT2D eigenvalue weighted by Gasteiger charge is -2.21. The SMILES string of the molecule is CCCCCCCCCCCCCCCCCCCCCC(=O)O[C@H](COC(=O)CCCCCCCCCC(C)C)COP(=O)(O)OC[C@@H](O)COP(=O)(O)OC[C@@H](COC(=O)CCCCCCCCC(C)C)OC(=O)CCCCCCCCC(C)CC. The number of phosphoric ester groups is 2. The van der Waals surface area contributed by atoms with Crippen molar-refractivity contribution in [1.82, 2.24) is 0 Å². The van der Waals surface area contributed by atoms with Gasteiger partial charge in [-0.25, -0.2) is 9.13 Å². The summed E-state index contributed by atoms with van der Waals surface area (Å²) >= 11 is 0. The Balaban J connectivity index is 5.18. The van der Waals surface area contributed by atoms with Crippen molar-refractivity contribution < 1.29 is 80.2 Å². The summed E-state index contributed by atoms with van der Waals surface area (Å²) in [5.41, 5.74) is 0. The Bertz CT molecular complexity index is 1730. The minimum atomic E-state index is -4.95. The highest BCUT2D eigenvalue weighted by molar-refractivity contribution is 7.47. The van der Waals surface area contributed by atoms with Crippen LogP contribution in [0, 0.1) is 17.8 Å². The van der Waals surface area contributed by atoms with E-state index in [2.05, 4.69) is 48.5 Å². The second-order valence-electron chi connectivity index (χ2n) is 26.1. The monoisotopic (exact) mass is 1300 g/mol. The molecule has 0 saturated carbocycles. The highest BCUT2D eigenvalue weighted by Gasteiger charge is 2.30. The van der Waals surface area contributed by atoms with Crippen LogP contribution in [0.2, 0.25) is 0 Å². The summed E-state index contributed by atoms with van der Waals surface area (Å²) in [4.78, 5) is 72.4. The second-order valence-corrected chi connectivity index (χ2v) is 29.0. The zero-order valence-electron chi connectivity index (χ0n) is 57.2. The Labute approximate surface area is 537 Å². The Hall–Kier alpha value is -1.94. The molecule has 0 aromatic rings. The van der Waals surface area contributed by atoms with Gasteiger partial charge in [0.2, 0.25) is 0 Å². The molecule has 0 heterocycles. The van der Waals surface area contributed by atoms with Crippen LogP contribution in [0.5, 0.6) is 0 Å². The lowest BCUT2D eigenvalue weighted by atomic mass is 10.00. The van der Waals surface area contributed by atoms with E-state index >= 15 is 0 Å². The molecule has 0 fully saturated rings. The number of hydrogen-bond donors (Lipinski definition) is 3. The van der Waals surface area contributed by atoms with Crippen LogP contribution in [0.15, 0.2) is 0 Å². The zero-order valence-corrected chi connectivity index (χ0v) is 59.0. The minimum absolute atomic E-state index is 0.102. The quantitative estimate of drug-likeness (QED) is 0.0222. The van der Waals surface area contributed by atoms with Crippen LogP contribution in [-0.2, 0) is 65.4 Å². The van der Waals surface area contributed by atoms with Crippen molar-refractivity contribution in [3.8, 4) is 0 Å². The van der Waals surface area contributed by atoms with Gasteiger partial charge in [0.1, 0.15) is 19.3 Å². The van der Waals surface area contributed by atoms with E-state index in [9.17, 15) is 43.2 Å². The summed E-state index contributed by atoms with van der Waals surface area (Å²) in [7, 11) is -9.90. The third-order valence-corrected chi connectivity index (χ3v) is 18.1. The van der Waals surface area contributed by atoms with Gasteiger partial charge in [-0.15, -0.1) is 0 Å². The van der Waals surface area contributed by atoms with E-state index in [4.69, 9.17) is 37.0 Å². The van der Waals surface area contributed by atoms with E-state index in [0.717, 1.165) is 109 Å². The van der Waals surface area contributed by atoms with E-state index in [1.807, 2.05) is 0 Å². The lowest BCUT2D eigenvalue weighted by molar-refractivity contribution is -0.161. The van der Waals surface area contributed by atoms with Crippen LogP contribution in [0.4, 0.5) is 0 Å². The van der Waals surface area contributed by atoms with Crippen molar-refractivity contribution in [2.45, 2.75) is 362 Å². The van der Waals surface area contributed by atoms with E-state index in [1.165, 1.54) is 141 Å². The van der Waals surface area contributed by atoms with Crippen molar-refractivity contribution in [3.05, 3.63) is 0 Å². The number of rotatable bonds is 67. The van der Waals surface area contributed by atoms with Crippen LogP contribution >= 0.6 is 15.6 Å². The van der Waals surface area contributed by atoms with Gasteiger partial charge in [0.05, 0.1) is 26.4 Å². The van der Waals surface area contributed by atoms with Gasteiger partial charge in [0, 0.05) is 25.7 Å². The number of esters is 4. The van der Waals surface area contributed by atoms with Gasteiger partial charge in [0.25, 0.3) is 0 Å². The van der Waals surface area contributed by atoms with Crippen molar-refractivity contribution in [2.24, 2.45) is 17.8 Å². The third-order valence-electron chi connectivity index (χ3n) is 16.2. The number of ether oxygens (including phenoxy) is 4. The largest absolute Gasteiger partial charge is 0.472 e. The number of carbonyl (C=O) groups is 4. The van der Waals surface area contributed by atoms with E-state index < -0.39 is 97.5 Å². The van der Waals surface area contributed by atoms with Gasteiger partial charge < -0.3 is 33.8 Å². The Kier molecular flexibility index (Phi) is 58.7. The van der Waals surface area contributed by atoms with Gasteiger partial charge in [-0.3, -0.25) is 37.3 Å². The topological polar surface area (TPSA) is 237 Å². The van der Waals surface area contributed by atoms with Gasteiger partial charge in [-0.2, -0.15) is 0 Å². The number of phosphoric acid groups is 2. The summed E-state index contributed by atoms with van der Waals surface area (Å²) in [6.45, 7) is 11.6. The van der Waals surface area contributed by atoms with Crippen LogP contribution in [0.25, 0.3) is 0 Å². The first-order chi connectivity index (χ1) is 42.3. The highest BCUT2D eigenvalue weighted by atomic mass is 31.2. The molecule has 0 aliphatic heterocycles. The molecule has 6 atom stereocenters. The molecule has 0 radical (unpaired) electrons. The molecular weight excluding hydrogens is 1160 g/mol. The summed E-state index contributed by atoms with van der Waals surface area (Å²) in [6.07, 6.45) is 43.5. The average molecular weight is 1300 g/mol. The number of aliphatic hydroxyl groups is 1. The van der Waals surface area contributed by atoms with Crippen LogP contribution < -0.4 is 0 Å². The fourth-order valence-electron chi connectivity index (χ4n) is 10.3. The van der Waals surface area contributed by atoms with Gasteiger partial charge in [-0.1, -0.05) is 292 Å². The van der Waals surface area contributed by atoms with Crippen LogP contribution in [-0.4, -0.2) is 96.7 Å². The first-order valence-electron chi connectivity index (χ1n) is 35.9. The molecule has 0 aromatic carbocycles. The number of unbranched alkanes of at least 4 members (excludes halogenated alkanes) is 34. The van der Waals surface area contributed by atoms with E-state index in [1.54, 1.807) is 0 Å². The summed E-state index contributed by atoms with van der Waals surface area (Å²) in [5, 5.41) is 10.6. The number of aliphatic hydroxyl groups excluding tert-OH is 1. The maximum absolute atomic E-state index is 13.0. The molecule has 0 spiro atoms. The molecule has 0 amide bonds. The molecule has 17 nitrogen and oxygen atoms in total. The van der Waals surface area contributed by atoms with Gasteiger partial charge >= 0.3 is 39.5 Å². The van der Waals surface area contributed by atoms with Crippen molar-refractivity contribution in [1.29, 1.82) is 0 Å². The predicted molar refractivity (Wildman–Crippen MR) is 354 cm³/mol. The van der Waals surface area contributed by atoms with Crippen molar-refractivity contribution in [2.75, 3.05) is 39.6 Å². The average Bonchev–Trinajstić information content (AvgIpc) is 3.56. The molecule has 522 valence electrons. The molecule has 0 aliphatic rings. The normalized spacial score (nSPS) is 14.5. The standard InChI is InChI=1S/C69H134O17P2/c1-8-10-11-12-13-14-15-16-17-18-19-20-21-22-23-24-27-38-45-52-68(73)85-64(56-79-66(71)50-43-36-28-25-26-33-40-47-60(3)4)58-83-87(75,76)81-54-63(70)55-82-88(77,78)84-59-65(57-80-67(72)51-44-37-31-29-34-41-48-61(5)6)86-69(74)53-46-39-32-30-35-42-49-62(7)9-2/h60-65,70H,8-59H2,1-7H3,(H,75,76)(H,77,78)/t62?,63-,64-,65-/m1/s1. The molecule has 0 saturated heterocycles. The van der Waals surface area contributed by atoms with Crippen molar-refractivity contribution in [3.63, 3.8) is 0 Å². The lowest BCUT2D eigenvalue weighted by Crippen LogP contribution is -2.30. The van der Waals surface area contributed by atoms with Crippen LogP contribution in [0.1, 0.15) is 344 Å². The Morgan fingerprint density at radius 1 is 0.330 bits per heavy atom. The van der Waals surface area contributed by atoms with Gasteiger partial charge in [0.15, 0.2) is 12.2 Å². The maximum Gasteiger partial charge on any atom is 0.472 e. The molecule has 3 N–H and O–H groups in total. The minimum Gasteiger partial charge on any atom is -0.462 e. The summed E-state index contributed by atoms with van der Waals surface area (Å²) in [6, 6.07) is 0. The molecule has 88 heavy (non-hydrogen) atoms.